The lowest BCUT2D eigenvalue weighted by molar-refractivity contribution is 0.204. The number of para-hydroxylation sites is 2. The number of thiophene rings is 1. The Morgan fingerprint density at radius 3 is 2.82 bits per heavy atom. The number of imidazole rings is 1. The van der Waals surface area contributed by atoms with Crippen LogP contribution < -0.4 is 0 Å². The summed E-state index contributed by atoms with van der Waals surface area (Å²) in [6, 6.07) is 13.1. The summed E-state index contributed by atoms with van der Waals surface area (Å²) < 4.78 is 26.1. The Hall–Kier alpha value is -1.70. The number of likely N-dealkylation sites (tertiary alicyclic amines) is 1. The molecule has 28 heavy (non-hydrogen) atoms. The zero-order valence-electron chi connectivity index (χ0n) is 15.8. The second-order valence-electron chi connectivity index (χ2n) is 8.05. The number of rotatable bonds is 5. The molecule has 2 aliphatic heterocycles. The van der Waals surface area contributed by atoms with Gasteiger partial charge in [-0.15, -0.1) is 11.3 Å². The van der Waals surface area contributed by atoms with Crippen LogP contribution >= 0.6 is 11.3 Å². The van der Waals surface area contributed by atoms with Gasteiger partial charge in [-0.05, 0) is 48.8 Å². The van der Waals surface area contributed by atoms with Crippen LogP contribution in [-0.4, -0.2) is 40.9 Å². The predicted octanol–water partition coefficient (Wildman–Crippen LogP) is 3.87. The highest BCUT2D eigenvalue weighted by Gasteiger charge is 2.31. The molecule has 3 aromatic rings. The van der Waals surface area contributed by atoms with E-state index in [9.17, 15) is 8.42 Å². The molecule has 2 aliphatic rings. The van der Waals surface area contributed by atoms with Crippen LogP contribution in [-0.2, 0) is 22.9 Å². The molecule has 5 rings (SSSR count). The van der Waals surface area contributed by atoms with Gasteiger partial charge >= 0.3 is 0 Å². The van der Waals surface area contributed by atoms with Crippen LogP contribution in [0.2, 0.25) is 0 Å². The molecule has 2 fully saturated rings. The van der Waals surface area contributed by atoms with E-state index in [-0.39, 0.29) is 5.92 Å². The quantitative estimate of drug-likeness (QED) is 0.635. The first-order valence-corrected chi connectivity index (χ1v) is 12.7. The summed E-state index contributed by atoms with van der Waals surface area (Å²) in [5.74, 6) is 1.84. The lowest BCUT2D eigenvalue weighted by atomic mass is 10.1. The van der Waals surface area contributed by atoms with Gasteiger partial charge in [0.2, 0.25) is 0 Å². The van der Waals surface area contributed by atoms with E-state index in [1.54, 1.807) is 0 Å². The maximum atomic E-state index is 11.9. The summed E-state index contributed by atoms with van der Waals surface area (Å²) in [6.45, 7) is 1.91. The highest BCUT2D eigenvalue weighted by molar-refractivity contribution is 7.91. The summed E-state index contributed by atoms with van der Waals surface area (Å²) in [5, 5.41) is 2.16. The van der Waals surface area contributed by atoms with Crippen molar-refractivity contribution < 1.29 is 8.42 Å². The first-order valence-electron chi connectivity index (χ1n) is 10.0. The minimum atomic E-state index is -2.87. The van der Waals surface area contributed by atoms with E-state index >= 15 is 0 Å². The number of benzene rings is 1. The predicted molar refractivity (Wildman–Crippen MR) is 113 cm³/mol. The molecule has 7 heteroatoms. The van der Waals surface area contributed by atoms with Crippen LogP contribution in [0.5, 0.6) is 0 Å². The molecule has 2 saturated heterocycles. The highest BCUT2D eigenvalue weighted by Crippen LogP contribution is 2.35. The zero-order chi connectivity index (χ0) is 19.1. The van der Waals surface area contributed by atoms with Gasteiger partial charge in [0.05, 0.1) is 29.2 Å². The van der Waals surface area contributed by atoms with Crippen molar-refractivity contribution in [2.45, 2.75) is 38.4 Å². The molecular formula is C21H25N3O2S2. The van der Waals surface area contributed by atoms with Gasteiger partial charge in [-0.1, -0.05) is 18.2 Å². The highest BCUT2D eigenvalue weighted by atomic mass is 32.2. The molecule has 148 valence electrons. The van der Waals surface area contributed by atoms with Crippen LogP contribution in [0.4, 0.5) is 0 Å². The van der Waals surface area contributed by atoms with E-state index in [4.69, 9.17) is 4.98 Å². The number of hydrogen-bond donors (Lipinski definition) is 0. The molecule has 0 spiro atoms. The average Bonchev–Trinajstić information content (AvgIpc) is 3.44. The van der Waals surface area contributed by atoms with Crippen LogP contribution in [0.15, 0.2) is 41.8 Å². The summed E-state index contributed by atoms with van der Waals surface area (Å²) in [5.41, 5.74) is 2.15. The van der Waals surface area contributed by atoms with Crippen molar-refractivity contribution >= 4 is 32.2 Å². The van der Waals surface area contributed by atoms with E-state index in [0.717, 1.165) is 42.9 Å². The number of fused-ring (bicyclic) bond motifs is 1. The number of nitrogens with zero attached hydrogens (tertiary/aromatic N) is 3. The van der Waals surface area contributed by atoms with Gasteiger partial charge in [0.25, 0.3) is 0 Å². The minimum Gasteiger partial charge on any atom is -0.314 e. The molecule has 4 heterocycles. The molecular weight excluding hydrogens is 390 g/mol. The van der Waals surface area contributed by atoms with Crippen LogP contribution in [0.1, 0.15) is 36.0 Å². The first-order chi connectivity index (χ1) is 13.6. The van der Waals surface area contributed by atoms with Crippen molar-refractivity contribution in [1.29, 1.82) is 0 Å². The molecule has 2 atom stereocenters. The Morgan fingerprint density at radius 2 is 2.04 bits per heavy atom. The van der Waals surface area contributed by atoms with Crippen molar-refractivity contribution in [3.63, 3.8) is 0 Å². The van der Waals surface area contributed by atoms with E-state index in [2.05, 4.69) is 45.2 Å². The number of hydrogen-bond acceptors (Lipinski definition) is 5. The number of sulfone groups is 1. The molecule has 0 saturated carbocycles. The van der Waals surface area contributed by atoms with Gasteiger partial charge in [0.1, 0.15) is 5.82 Å². The van der Waals surface area contributed by atoms with Gasteiger partial charge in [-0.3, -0.25) is 4.90 Å². The Morgan fingerprint density at radius 1 is 1.14 bits per heavy atom. The van der Waals surface area contributed by atoms with Gasteiger partial charge in [0, 0.05) is 23.9 Å². The Kier molecular flexibility index (Phi) is 4.77. The SMILES string of the molecule is O=S1(=O)CC[C@H](Cc2nc3ccccc3n2CN2CCC[C@H]2c2cccs2)C1. The third-order valence-electron chi connectivity index (χ3n) is 6.09. The van der Waals surface area contributed by atoms with Crippen LogP contribution in [0, 0.1) is 5.92 Å². The molecule has 5 nitrogen and oxygen atoms in total. The fourth-order valence-corrected chi connectivity index (χ4v) is 7.47. The number of aromatic nitrogens is 2. The maximum Gasteiger partial charge on any atom is 0.150 e. The summed E-state index contributed by atoms with van der Waals surface area (Å²) in [7, 11) is -2.87. The Labute approximate surface area is 169 Å². The third-order valence-corrected chi connectivity index (χ3v) is 8.90. The van der Waals surface area contributed by atoms with Crippen molar-refractivity contribution in [2.75, 3.05) is 18.1 Å². The van der Waals surface area contributed by atoms with Crippen molar-refractivity contribution in [3.8, 4) is 0 Å². The lowest BCUT2D eigenvalue weighted by Gasteiger charge is -2.25. The second-order valence-corrected chi connectivity index (χ2v) is 11.3. The molecule has 0 unspecified atom stereocenters. The fourth-order valence-electron chi connectivity index (χ4n) is 4.71. The van der Waals surface area contributed by atoms with Crippen LogP contribution in [0.3, 0.4) is 0 Å². The summed E-state index contributed by atoms with van der Waals surface area (Å²) in [4.78, 5) is 8.88. The van der Waals surface area contributed by atoms with E-state index in [1.807, 2.05) is 17.4 Å². The maximum absolute atomic E-state index is 11.9. The molecule has 0 radical (unpaired) electrons. The molecule has 1 aromatic carbocycles. The Bertz CT molecular complexity index is 1070. The standard InChI is InChI=1S/C21H25N3O2S2/c25-28(26)12-9-16(14-28)13-21-22-17-5-1-2-6-18(17)24(21)15-23-10-3-7-19(23)20-8-4-11-27-20/h1-2,4-6,8,11,16,19H,3,7,9-10,12-15H2/t16-,19+/m1/s1. The first kappa shape index (κ1) is 18.3. The van der Waals surface area contributed by atoms with E-state index in [0.29, 0.717) is 17.5 Å². The smallest absolute Gasteiger partial charge is 0.150 e. The van der Waals surface area contributed by atoms with Crippen LogP contribution in [0.25, 0.3) is 11.0 Å². The van der Waals surface area contributed by atoms with Gasteiger partial charge < -0.3 is 4.57 Å². The van der Waals surface area contributed by atoms with Gasteiger partial charge in [0.15, 0.2) is 9.84 Å². The Balaban J connectivity index is 1.46. The van der Waals surface area contributed by atoms with Crippen molar-refractivity contribution in [3.05, 3.63) is 52.5 Å². The zero-order valence-corrected chi connectivity index (χ0v) is 17.5. The fraction of sp³-hybridized carbons (Fsp3) is 0.476. The second kappa shape index (κ2) is 7.28. The minimum absolute atomic E-state index is 0.187. The third kappa shape index (κ3) is 3.51. The van der Waals surface area contributed by atoms with E-state index < -0.39 is 9.84 Å². The average molecular weight is 416 g/mol. The summed E-state index contributed by atoms with van der Waals surface area (Å²) in [6.07, 6.45) is 3.91. The van der Waals surface area contributed by atoms with Gasteiger partial charge in [-0.2, -0.15) is 0 Å². The molecule has 0 bridgehead atoms. The lowest BCUT2D eigenvalue weighted by Crippen LogP contribution is -2.27. The molecule has 0 N–H and O–H groups in total. The van der Waals surface area contributed by atoms with Crippen molar-refractivity contribution in [2.24, 2.45) is 5.92 Å². The topological polar surface area (TPSA) is 55.2 Å². The van der Waals surface area contributed by atoms with Gasteiger partial charge in [-0.25, -0.2) is 13.4 Å². The normalized spacial score (nSPS) is 25.0. The van der Waals surface area contributed by atoms with E-state index in [1.165, 1.54) is 17.7 Å². The monoisotopic (exact) mass is 415 g/mol. The molecule has 2 aromatic heterocycles. The largest absolute Gasteiger partial charge is 0.314 e. The van der Waals surface area contributed by atoms with Crippen molar-refractivity contribution in [1.82, 2.24) is 14.5 Å². The molecule has 0 aliphatic carbocycles. The summed E-state index contributed by atoms with van der Waals surface area (Å²) >= 11 is 1.84. The molecule has 0 amide bonds.